The number of rotatable bonds is 4. The maximum atomic E-state index is 11.0. The SMILES string of the molecule is CC(=O)ONc1cc([N+](=O)[O-])ccc1S(=O)(=O)O. The largest absolute Gasteiger partial charge is 0.344 e. The lowest BCUT2D eigenvalue weighted by atomic mass is 10.3. The standard InChI is InChI=1S/C8H8N2O7S/c1-5(11)17-9-7-4-6(10(12)13)2-3-8(7)18(14,15)16/h2-4,9H,1H3,(H,14,15,16). The second kappa shape index (κ2) is 4.98. The van der Waals surface area contributed by atoms with Crippen molar-refractivity contribution >= 4 is 27.5 Å². The molecule has 0 aliphatic heterocycles. The molecule has 2 N–H and O–H groups in total. The lowest BCUT2D eigenvalue weighted by Crippen LogP contribution is -2.10. The fourth-order valence-corrected chi connectivity index (χ4v) is 1.68. The molecule has 0 aliphatic rings. The molecule has 0 amide bonds. The zero-order valence-corrected chi connectivity index (χ0v) is 9.80. The third-order valence-corrected chi connectivity index (χ3v) is 2.67. The molecule has 10 heteroatoms. The Kier molecular flexibility index (Phi) is 3.83. The summed E-state index contributed by atoms with van der Waals surface area (Å²) in [5.74, 6) is -0.789. The highest BCUT2D eigenvalue weighted by Gasteiger charge is 2.19. The van der Waals surface area contributed by atoms with Crippen molar-refractivity contribution in [3.8, 4) is 0 Å². The van der Waals surface area contributed by atoms with Gasteiger partial charge in [0, 0.05) is 19.1 Å². The summed E-state index contributed by atoms with van der Waals surface area (Å²) < 4.78 is 30.9. The minimum atomic E-state index is -4.60. The van der Waals surface area contributed by atoms with Crippen LogP contribution in [0.3, 0.4) is 0 Å². The predicted octanol–water partition coefficient (Wildman–Crippen LogP) is 0.731. The fraction of sp³-hybridized carbons (Fsp3) is 0.125. The predicted molar refractivity (Wildman–Crippen MR) is 58.3 cm³/mol. The van der Waals surface area contributed by atoms with E-state index in [9.17, 15) is 23.3 Å². The third-order valence-electron chi connectivity index (χ3n) is 1.76. The zero-order chi connectivity index (χ0) is 13.9. The van der Waals surface area contributed by atoms with Crippen LogP contribution in [0.5, 0.6) is 0 Å². The van der Waals surface area contributed by atoms with Crippen LogP contribution in [0.1, 0.15) is 6.92 Å². The van der Waals surface area contributed by atoms with Crippen molar-refractivity contribution in [3.63, 3.8) is 0 Å². The number of nitrogens with zero attached hydrogens (tertiary/aromatic N) is 1. The van der Waals surface area contributed by atoms with Crippen LogP contribution in [0, 0.1) is 10.1 Å². The van der Waals surface area contributed by atoms with Gasteiger partial charge in [0.05, 0.1) is 10.6 Å². The number of non-ortho nitro benzene ring substituents is 1. The highest BCUT2D eigenvalue weighted by atomic mass is 32.2. The van der Waals surface area contributed by atoms with Crippen LogP contribution in [-0.4, -0.2) is 23.9 Å². The van der Waals surface area contributed by atoms with Crippen molar-refractivity contribution in [3.05, 3.63) is 28.3 Å². The molecule has 0 radical (unpaired) electrons. The normalized spacial score (nSPS) is 10.8. The number of nitro groups is 1. The molecule has 1 rings (SSSR count). The molecule has 18 heavy (non-hydrogen) atoms. The Bertz CT molecular complexity index is 595. The first-order valence-corrected chi connectivity index (χ1v) is 5.85. The quantitative estimate of drug-likeness (QED) is 0.466. The second-order valence-corrected chi connectivity index (χ2v) is 4.50. The smallest absolute Gasteiger partial charge is 0.329 e. The summed E-state index contributed by atoms with van der Waals surface area (Å²) in [5, 5.41) is 10.5. The molecule has 9 nitrogen and oxygen atoms in total. The molecule has 0 saturated carbocycles. The van der Waals surface area contributed by atoms with Crippen molar-refractivity contribution < 1.29 is 27.5 Å². The van der Waals surface area contributed by atoms with Gasteiger partial charge in [0.2, 0.25) is 0 Å². The lowest BCUT2D eigenvalue weighted by molar-refractivity contribution is -0.384. The molecule has 1 aromatic rings. The maximum Gasteiger partial charge on any atom is 0.329 e. The number of carbonyl (C=O) groups is 1. The van der Waals surface area contributed by atoms with Gasteiger partial charge in [-0.3, -0.25) is 19.5 Å². The van der Waals surface area contributed by atoms with E-state index >= 15 is 0 Å². The summed E-state index contributed by atoms with van der Waals surface area (Å²) in [6, 6.07) is 2.52. The molecule has 0 aromatic heterocycles. The number of hydrogen-bond acceptors (Lipinski definition) is 7. The van der Waals surface area contributed by atoms with Crippen LogP contribution >= 0.6 is 0 Å². The topological polar surface area (TPSA) is 136 Å². The van der Waals surface area contributed by atoms with Crippen molar-refractivity contribution in [1.82, 2.24) is 0 Å². The second-order valence-electron chi connectivity index (χ2n) is 3.11. The van der Waals surface area contributed by atoms with Crippen molar-refractivity contribution in [1.29, 1.82) is 0 Å². The van der Waals surface area contributed by atoms with Gasteiger partial charge in [-0.2, -0.15) is 8.42 Å². The number of carbonyl (C=O) groups excluding carboxylic acids is 1. The Morgan fingerprint density at radius 2 is 2.11 bits per heavy atom. The van der Waals surface area contributed by atoms with Gasteiger partial charge in [-0.05, 0) is 6.07 Å². The van der Waals surface area contributed by atoms with Crippen LogP contribution in [0.4, 0.5) is 11.4 Å². The molecule has 0 bridgehead atoms. The number of benzene rings is 1. The third kappa shape index (κ3) is 3.40. The number of nitrogens with one attached hydrogen (secondary N) is 1. The fourth-order valence-electron chi connectivity index (χ4n) is 1.06. The Labute approximate surface area is 101 Å². The summed E-state index contributed by atoms with van der Waals surface area (Å²) in [6.07, 6.45) is 0. The van der Waals surface area contributed by atoms with Gasteiger partial charge in [0.1, 0.15) is 4.90 Å². The average molecular weight is 276 g/mol. The van der Waals surface area contributed by atoms with Gasteiger partial charge in [0.25, 0.3) is 15.8 Å². The van der Waals surface area contributed by atoms with E-state index in [0.717, 1.165) is 25.1 Å². The Morgan fingerprint density at radius 3 is 2.56 bits per heavy atom. The summed E-state index contributed by atoms with van der Waals surface area (Å²) in [4.78, 5) is 24.0. The highest BCUT2D eigenvalue weighted by molar-refractivity contribution is 7.86. The first-order chi connectivity index (χ1) is 8.21. The number of anilines is 1. The van der Waals surface area contributed by atoms with Crippen LogP contribution in [0.25, 0.3) is 0 Å². The lowest BCUT2D eigenvalue weighted by Gasteiger charge is -2.08. The Hall–Kier alpha value is -2.20. The zero-order valence-electron chi connectivity index (χ0n) is 8.98. The summed E-state index contributed by atoms with van der Waals surface area (Å²) in [6.45, 7) is 1.04. The molecule has 98 valence electrons. The Morgan fingerprint density at radius 1 is 1.50 bits per heavy atom. The van der Waals surface area contributed by atoms with Gasteiger partial charge >= 0.3 is 5.97 Å². The molecular formula is C8H8N2O7S. The molecule has 0 fully saturated rings. The average Bonchev–Trinajstić information content (AvgIpc) is 2.24. The first kappa shape index (κ1) is 13.9. The van der Waals surface area contributed by atoms with E-state index in [1.165, 1.54) is 0 Å². The molecule has 0 spiro atoms. The van der Waals surface area contributed by atoms with Gasteiger partial charge in [0.15, 0.2) is 0 Å². The molecule has 0 heterocycles. The minimum Gasteiger partial charge on any atom is -0.344 e. The maximum absolute atomic E-state index is 11.0. The monoisotopic (exact) mass is 276 g/mol. The van der Waals surface area contributed by atoms with Gasteiger partial charge in [-0.1, -0.05) is 0 Å². The van der Waals surface area contributed by atoms with Crippen molar-refractivity contribution in [2.75, 3.05) is 5.48 Å². The number of hydrogen-bond donors (Lipinski definition) is 2. The van der Waals surface area contributed by atoms with Gasteiger partial charge < -0.3 is 4.84 Å². The van der Waals surface area contributed by atoms with Gasteiger partial charge in [-0.25, -0.2) is 5.48 Å². The van der Waals surface area contributed by atoms with E-state index in [1.807, 2.05) is 5.48 Å². The summed E-state index contributed by atoms with van der Waals surface area (Å²) >= 11 is 0. The van der Waals surface area contributed by atoms with Gasteiger partial charge in [-0.15, -0.1) is 0 Å². The molecular weight excluding hydrogens is 268 g/mol. The minimum absolute atomic E-state index is 0.415. The molecule has 0 unspecified atom stereocenters. The molecule has 0 aliphatic carbocycles. The van der Waals surface area contributed by atoms with E-state index in [-0.39, 0.29) is 0 Å². The van der Waals surface area contributed by atoms with E-state index in [0.29, 0.717) is 0 Å². The highest BCUT2D eigenvalue weighted by Crippen LogP contribution is 2.26. The van der Waals surface area contributed by atoms with E-state index < -0.39 is 37.3 Å². The molecule has 0 saturated heterocycles. The Balaban J connectivity index is 3.27. The van der Waals surface area contributed by atoms with E-state index in [2.05, 4.69) is 4.84 Å². The first-order valence-electron chi connectivity index (χ1n) is 4.41. The van der Waals surface area contributed by atoms with Crippen molar-refractivity contribution in [2.24, 2.45) is 0 Å². The van der Waals surface area contributed by atoms with Crippen molar-refractivity contribution in [2.45, 2.75) is 11.8 Å². The van der Waals surface area contributed by atoms with E-state index in [4.69, 9.17) is 4.55 Å². The molecule has 1 aromatic carbocycles. The van der Waals surface area contributed by atoms with Crippen LogP contribution in [0.15, 0.2) is 23.1 Å². The molecule has 0 atom stereocenters. The van der Waals surface area contributed by atoms with Crippen LogP contribution in [0.2, 0.25) is 0 Å². The number of nitro benzene ring substituents is 1. The van der Waals surface area contributed by atoms with E-state index in [1.54, 1.807) is 0 Å². The summed E-state index contributed by atoms with van der Waals surface area (Å²) in [7, 11) is -4.60. The summed E-state index contributed by atoms with van der Waals surface area (Å²) in [5.41, 5.74) is 1.07. The van der Waals surface area contributed by atoms with Crippen LogP contribution in [-0.2, 0) is 19.8 Å². The van der Waals surface area contributed by atoms with Crippen LogP contribution < -0.4 is 5.48 Å².